The summed E-state index contributed by atoms with van der Waals surface area (Å²) >= 11 is 0. The molecular weight excluding hydrogens is 358 g/mol. The van der Waals surface area contributed by atoms with Gasteiger partial charge in [-0.25, -0.2) is 9.97 Å². The number of hydrogen-bond acceptors (Lipinski definition) is 6. The van der Waals surface area contributed by atoms with Crippen molar-refractivity contribution in [1.82, 2.24) is 9.97 Å². The molecular formula is C20H17N5O3. The van der Waals surface area contributed by atoms with Gasteiger partial charge in [0.05, 0.1) is 4.92 Å². The monoisotopic (exact) mass is 375 g/mol. The average molecular weight is 375 g/mol. The number of amides is 1. The summed E-state index contributed by atoms with van der Waals surface area (Å²) in [5.74, 6) is 0.451. The van der Waals surface area contributed by atoms with Crippen molar-refractivity contribution in [3.63, 3.8) is 0 Å². The minimum atomic E-state index is -0.427. The zero-order chi connectivity index (χ0) is 19.5. The lowest BCUT2D eigenvalue weighted by molar-refractivity contribution is -0.384. The van der Waals surface area contributed by atoms with Gasteiger partial charge in [-0.15, -0.1) is 0 Å². The van der Waals surface area contributed by atoms with Crippen LogP contribution in [0.25, 0.3) is 0 Å². The zero-order valence-corrected chi connectivity index (χ0v) is 14.8. The second kappa shape index (κ2) is 7.43. The minimum absolute atomic E-state index is 0.0459. The fourth-order valence-electron chi connectivity index (χ4n) is 3.06. The van der Waals surface area contributed by atoms with Gasteiger partial charge in [0.1, 0.15) is 0 Å². The zero-order valence-electron chi connectivity index (χ0n) is 14.8. The number of nitro groups is 1. The van der Waals surface area contributed by atoms with Crippen molar-refractivity contribution in [2.75, 3.05) is 10.6 Å². The number of non-ortho nitro benzene ring substituents is 1. The first kappa shape index (κ1) is 17.6. The second-order valence-electron chi connectivity index (χ2n) is 6.56. The van der Waals surface area contributed by atoms with E-state index in [1.807, 2.05) is 24.3 Å². The SMILES string of the molecule is O=C(Nc1ccc(Nc2ncccn2)cc1)[C@@H]1C[C@H]1c1ccc([N+](=O)[O-])cc1. The molecule has 140 valence electrons. The van der Waals surface area contributed by atoms with Crippen LogP contribution in [0.4, 0.5) is 23.0 Å². The molecule has 3 aromatic rings. The van der Waals surface area contributed by atoms with Crippen molar-refractivity contribution >= 4 is 28.9 Å². The quantitative estimate of drug-likeness (QED) is 0.500. The van der Waals surface area contributed by atoms with E-state index in [0.717, 1.165) is 17.7 Å². The average Bonchev–Trinajstić information content (AvgIpc) is 3.51. The Morgan fingerprint density at radius 1 is 1.00 bits per heavy atom. The maximum atomic E-state index is 12.5. The molecule has 0 aliphatic heterocycles. The molecule has 8 heteroatoms. The van der Waals surface area contributed by atoms with Gasteiger partial charge in [-0.2, -0.15) is 0 Å². The highest BCUT2D eigenvalue weighted by molar-refractivity contribution is 5.95. The molecule has 1 aromatic heterocycles. The highest BCUT2D eigenvalue weighted by atomic mass is 16.6. The molecule has 1 aliphatic carbocycles. The second-order valence-corrected chi connectivity index (χ2v) is 6.56. The molecule has 0 radical (unpaired) electrons. The summed E-state index contributed by atoms with van der Waals surface area (Å²) in [7, 11) is 0. The summed E-state index contributed by atoms with van der Waals surface area (Å²) in [6.45, 7) is 0. The Kier molecular flexibility index (Phi) is 4.67. The van der Waals surface area contributed by atoms with Crippen LogP contribution in [0.1, 0.15) is 17.9 Å². The van der Waals surface area contributed by atoms with E-state index in [1.54, 1.807) is 30.6 Å². The Morgan fingerprint density at radius 3 is 2.29 bits per heavy atom. The molecule has 0 bridgehead atoms. The molecule has 1 aliphatic rings. The van der Waals surface area contributed by atoms with Crippen LogP contribution in [0, 0.1) is 16.0 Å². The number of hydrogen-bond donors (Lipinski definition) is 2. The molecule has 28 heavy (non-hydrogen) atoms. The van der Waals surface area contributed by atoms with Gasteiger partial charge in [0, 0.05) is 41.8 Å². The summed E-state index contributed by atoms with van der Waals surface area (Å²) in [4.78, 5) is 31.0. The fraction of sp³-hybridized carbons (Fsp3) is 0.150. The van der Waals surface area contributed by atoms with Gasteiger partial charge in [0.15, 0.2) is 0 Å². The highest BCUT2D eigenvalue weighted by Crippen LogP contribution is 2.48. The third kappa shape index (κ3) is 3.96. The topological polar surface area (TPSA) is 110 Å². The van der Waals surface area contributed by atoms with Crippen LogP contribution < -0.4 is 10.6 Å². The van der Waals surface area contributed by atoms with Crippen LogP contribution in [0.3, 0.4) is 0 Å². The first-order valence-corrected chi connectivity index (χ1v) is 8.79. The van der Waals surface area contributed by atoms with E-state index in [2.05, 4.69) is 20.6 Å². The van der Waals surface area contributed by atoms with Crippen molar-refractivity contribution in [2.24, 2.45) is 5.92 Å². The van der Waals surface area contributed by atoms with Crippen LogP contribution in [0.5, 0.6) is 0 Å². The van der Waals surface area contributed by atoms with Crippen LogP contribution in [-0.4, -0.2) is 20.8 Å². The number of anilines is 3. The minimum Gasteiger partial charge on any atom is -0.326 e. The van der Waals surface area contributed by atoms with E-state index >= 15 is 0 Å². The Balaban J connectivity index is 1.33. The van der Waals surface area contributed by atoms with Crippen molar-refractivity contribution < 1.29 is 9.72 Å². The predicted molar refractivity (Wildman–Crippen MR) is 104 cm³/mol. The van der Waals surface area contributed by atoms with Gasteiger partial charge in [-0.1, -0.05) is 12.1 Å². The van der Waals surface area contributed by atoms with Gasteiger partial charge in [0.2, 0.25) is 11.9 Å². The molecule has 0 saturated heterocycles. The number of nitrogens with zero attached hydrogens (tertiary/aromatic N) is 3. The number of carbonyl (C=O) groups is 1. The maximum Gasteiger partial charge on any atom is 0.269 e. The molecule has 1 amide bonds. The number of nitrogens with one attached hydrogen (secondary N) is 2. The summed E-state index contributed by atoms with van der Waals surface area (Å²) < 4.78 is 0. The Bertz CT molecular complexity index is 991. The summed E-state index contributed by atoms with van der Waals surface area (Å²) in [5, 5.41) is 16.7. The maximum absolute atomic E-state index is 12.5. The van der Waals surface area contributed by atoms with Crippen LogP contribution in [-0.2, 0) is 4.79 Å². The standard InChI is InChI=1S/C20H17N5O3/c26-19(18-12-17(18)13-2-8-16(9-3-13)25(27)28)23-14-4-6-15(7-5-14)24-20-21-10-1-11-22-20/h1-11,17-18H,12H2,(H,23,26)(H,21,22,24)/t17-,18+/m0/s1. The molecule has 1 saturated carbocycles. The molecule has 1 heterocycles. The van der Waals surface area contributed by atoms with E-state index in [0.29, 0.717) is 11.6 Å². The number of nitro benzene ring substituents is 1. The third-order valence-corrected chi connectivity index (χ3v) is 4.63. The van der Waals surface area contributed by atoms with Crippen LogP contribution in [0.2, 0.25) is 0 Å². The van der Waals surface area contributed by atoms with Crippen molar-refractivity contribution in [3.8, 4) is 0 Å². The number of rotatable bonds is 6. The summed E-state index contributed by atoms with van der Waals surface area (Å²) in [6, 6.07) is 15.4. The van der Waals surface area contributed by atoms with Gasteiger partial charge >= 0.3 is 0 Å². The van der Waals surface area contributed by atoms with Gasteiger partial charge in [-0.3, -0.25) is 14.9 Å². The predicted octanol–water partition coefficient (Wildman–Crippen LogP) is 3.87. The molecule has 2 N–H and O–H groups in total. The van der Waals surface area contributed by atoms with E-state index in [9.17, 15) is 14.9 Å². The molecule has 0 spiro atoms. The summed E-state index contributed by atoms with van der Waals surface area (Å²) in [6.07, 6.45) is 4.05. The van der Waals surface area contributed by atoms with Crippen LogP contribution in [0.15, 0.2) is 67.0 Å². The molecule has 0 unspecified atom stereocenters. The van der Waals surface area contributed by atoms with E-state index in [1.165, 1.54) is 12.1 Å². The van der Waals surface area contributed by atoms with Crippen molar-refractivity contribution in [1.29, 1.82) is 0 Å². The van der Waals surface area contributed by atoms with Gasteiger partial charge in [0.25, 0.3) is 5.69 Å². The van der Waals surface area contributed by atoms with Crippen molar-refractivity contribution in [3.05, 3.63) is 82.7 Å². The first-order chi connectivity index (χ1) is 13.6. The lowest BCUT2D eigenvalue weighted by Crippen LogP contribution is -2.14. The first-order valence-electron chi connectivity index (χ1n) is 8.79. The van der Waals surface area contributed by atoms with E-state index in [4.69, 9.17) is 0 Å². The molecule has 1 fully saturated rings. The van der Waals surface area contributed by atoms with E-state index < -0.39 is 4.92 Å². The Labute approximate surface area is 160 Å². The van der Waals surface area contributed by atoms with Gasteiger partial charge in [-0.05, 0) is 48.2 Å². The molecule has 2 atom stereocenters. The van der Waals surface area contributed by atoms with Gasteiger partial charge < -0.3 is 10.6 Å². The molecule has 2 aromatic carbocycles. The smallest absolute Gasteiger partial charge is 0.269 e. The number of benzene rings is 2. The third-order valence-electron chi connectivity index (χ3n) is 4.63. The summed E-state index contributed by atoms with van der Waals surface area (Å²) in [5.41, 5.74) is 2.53. The largest absolute Gasteiger partial charge is 0.326 e. The molecule has 8 nitrogen and oxygen atoms in total. The molecule has 4 rings (SSSR count). The van der Waals surface area contributed by atoms with E-state index in [-0.39, 0.29) is 23.4 Å². The normalized spacial score (nSPS) is 17.6. The fourth-order valence-corrected chi connectivity index (χ4v) is 3.06. The number of aromatic nitrogens is 2. The Morgan fingerprint density at radius 2 is 1.64 bits per heavy atom. The van der Waals surface area contributed by atoms with Crippen LogP contribution >= 0.6 is 0 Å². The lowest BCUT2D eigenvalue weighted by atomic mass is 10.1. The number of carbonyl (C=O) groups excluding carboxylic acids is 1. The lowest BCUT2D eigenvalue weighted by Gasteiger charge is -2.08. The highest BCUT2D eigenvalue weighted by Gasteiger charge is 2.44. The Hall–Kier alpha value is -3.81. The van der Waals surface area contributed by atoms with Crippen molar-refractivity contribution in [2.45, 2.75) is 12.3 Å².